The Balaban J connectivity index is 0.000000343. The molecule has 117 heavy (non-hydrogen) atoms. The maximum Gasteiger partial charge on any atom is 0.248 e. The van der Waals surface area contributed by atoms with E-state index in [0.29, 0.717) is 34.4 Å². The minimum atomic E-state index is -1.91. The number of ketones is 1. The number of rotatable bonds is 16. The number of nitrogens with zero attached hydrogens (tertiary/aromatic N) is 1. The largest absolute Gasteiger partial charge is 0.508 e. The Hall–Kier alpha value is -9.62. The number of nitrogens with one attached hydrogen (secondary N) is 6. The van der Waals surface area contributed by atoms with Gasteiger partial charge in [0.25, 0.3) is 0 Å². The van der Waals surface area contributed by atoms with Crippen LogP contribution in [-0.4, -0.2) is 270 Å². The summed E-state index contributed by atoms with van der Waals surface area (Å²) in [5.74, 6) is -10.1. The monoisotopic (exact) mass is 1640 g/mol. The topological polar surface area (TPSA) is 575 Å². The summed E-state index contributed by atoms with van der Waals surface area (Å²) in [6, 6.07) is 6.16. The van der Waals surface area contributed by atoms with Gasteiger partial charge >= 0.3 is 0 Å². The lowest BCUT2D eigenvalue weighted by Gasteiger charge is -2.48. The summed E-state index contributed by atoms with van der Waals surface area (Å²) in [4.78, 5) is 118. The van der Waals surface area contributed by atoms with Gasteiger partial charge in [0, 0.05) is 41.2 Å². The number of ether oxygens (including phenoxy) is 8. The summed E-state index contributed by atoms with van der Waals surface area (Å²) in [6.45, 7) is 12.7. The van der Waals surface area contributed by atoms with Crippen LogP contribution in [0.3, 0.4) is 0 Å². The number of hydrogen-bond donors (Lipinski definition) is 20. The van der Waals surface area contributed by atoms with E-state index in [1.165, 1.54) is 70.3 Å². The number of benzene rings is 5. The van der Waals surface area contributed by atoms with E-state index in [2.05, 4.69) is 31.9 Å². The van der Waals surface area contributed by atoms with E-state index in [1.54, 1.807) is 77.0 Å². The summed E-state index contributed by atoms with van der Waals surface area (Å²) < 4.78 is 45.8. The molecule has 638 valence electrons. The molecule has 21 N–H and O–H groups in total. The second-order valence-corrected chi connectivity index (χ2v) is 30.9. The average Bonchev–Trinajstić information content (AvgIpc) is 0.581. The number of aliphatic hydroxyl groups excluding tert-OH is 10. The van der Waals surface area contributed by atoms with Crippen molar-refractivity contribution in [3.63, 3.8) is 0 Å². The van der Waals surface area contributed by atoms with Gasteiger partial charge in [-0.3, -0.25) is 43.3 Å². The molecule has 0 saturated carbocycles. The van der Waals surface area contributed by atoms with E-state index in [4.69, 9.17) is 43.6 Å². The number of aliphatic hydroxyl groups is 10. The number of methoxy groups -OCH3 is 1. The zero-order valence-corrected chi connectivity index (χ0v) is 66.3. The standard InChI is InChI=1S/C60H68N8O14.C20H36O15/c1-25(2)17-39(68(9)10)56(76)67-52-54(74)34-13-16-43(27(4)19-34)82-45-22-35-21-44(30(45)7)81-42-15-12-32(18-26(42)3)28(5)48-57(77)64-49(31(8)69)37-23-41(71)29(6)53(73)47(37)36-20-33(11-14-40(36)70)50(58(78)63-48)66-59(79)51(35)65-55(75)38(24-46(61)72)62-60(52)80;1-6-10(24)11(25)7(3-21)31-18(6)34-16-9(5-23)33-20(15(29)13(16)27)35-17-8(4-22)32-19(30-2)14(28)12(17)26/h11-16,18-23,25,28,38-39,48-52,54,70-71,73-74H,17,24H2,1-10H3,(H2,61,72)(H,62,80)(H,63,78)(H,64,77)(H,65,75)(H,66,79)(H,67,76);6-29H,3-5H2,1-2H3/t28-,38+,39-,48+,49+,50-,51-,52-,54-;6-,7-,8-,9-,10-,11+,12-,13-,14-,15-,16-,17-,18+,19-,20+/m11/s1. The first-order valence-electron chi connectivity index (χ1n) is 38.0. The lowest BCUT2D eigenvalue weighted by Crippen LogP contribution is -2.66. The van der Waals surface area contributed by atoms with E-state index in [9.17, 15) is 95.2 Å². The number of hydrogen-bond acceptors (Lipinski definition) is 30. The molecule has 0 spiro atoms. The fourth-order valence-corrected chi connectivity index (χ4v) is 14.9. The summed E-state index contributed by atoms with van der Waals surface area (Å²) >= 11 is 0. The number of carbonyl (C=O) groups excluding carboxylic acids is 8. The Kier molecular flexibility index (Phi) is 28.8. The number of carbonyl (C=O) groups is 8. The van der Waals surface area contributed by atoms with Crippen molar-refractivity contribution >= 4 is 47.1 Å². The molecular formula is C80H104N8O29. The summed E-state index contributed by atoms with van der Waals surface area (Å²) in [5.41, 5.74) is 7.13. The maximum absolute atomic E-state index is 15.6. The minimum Gasteiger partial charge on any atom is -0.508 e. The number of fused-ring (bicyclic) bond motifs is 15. The third-order valence-electron chi connectivity index (χ3n) is 21.9. The van der Waals surface area contributed by atoms with E-state index in [-0.39, 0.29) is 62.1 Å². The molecule has 24 atom stereocenters. The Morgan fingerprint density at radius 2 is 1.09 bits per heavy atom. The first-order valence-corrected chi connectivity index (χ1v) is 38.0. The molecular weight excluding hydrogens is 1540 g/mol. The van der Waals surface area contributed by atoms with Gasteiger partial charge in [-0.25, -0.2) is 0 Å². The number of primary amides is 1. The zero-order valence-electron chi connectivity index (χ0n) is 66.3. The smallest absolute Gasteiger partial charge is 0.248 e. The van der Waals surface area contributed by atoms with Crippen LogP contribution in [0.2, 0.25) is 0 Å². The lowest BCUT2D eigenvalue weighted by molar-refractivity contribution is -0.375. The van der Waals surface area contributed by atoms with E-state index >= 15 is 9.59 Å². The third-order valence-corrected chi connectivity index (χ3v) is 21.9. The molecule has 37 heteroatoms. The fourth-order valence-electron chi connectivity index (χ4n) is 14.9. The molecule has 5 aromatic carbocycles. The Morgan fingerprint density at radius 1 is 0.564 bits per heavy atom. The summed E-state index contributed by atoms with van der Waals surface area (Å²) in [6.07, 6.45) is -22.3. The van der Waals surface area contributed by atoms with Crippen molar-refractivity contribution in [1.82, 2.24) is 36.8 Å². The Bertz CT molecular complexity index is 4510. The van der Waals surface area contributed by atoms with Gasteiger partial charge in [-0.05, 0) is 149 Å². The van der Waals surface area contributed by atoms with Crippen LogP contribution in [0.15, 0.2) is 72.8 Å². The highest BCUT2D eigenvalue weighted by molar-refractivity contribution is 6.01. The number of Topliss-reactive ketones (excluding diaryl/α,β-unsaturated/α-hetero) is 1. The van der Waals surface area contributed by atoms with Crippen LogP contribution in [0.25, 0.3) is 11.1 Å². The van der Waals surface area contributed by atoms with Gasteiger partial charge in [0.1, 0.15) is 144 Å². The van der Waals surface area contributed by atoms with Crippen LogP contribution < -0.4 is 47.1 Å². The molecule has 3 saturated heterocycles. The Morgan fingerprint density at radius 3 is 1.65 bits per heavy atom. The van der Waals surface area contributed by atoms with Gasteiger partial charge in [-0.1, -0.05) is 52.0 Å². The molecule has 8 aliphatic rings. The quantitative estimate of drug-likeness (QED) is 0.0557. The number of phenols is 3. The first-order chi connectivity index (χ1) is 55.2. The average molecular weight is 1640 g/mol. The molecule has 13 rings (SSSR count). The SMILES string of the molecule is CC(=O)[C@@H]1NC(=O)[C@H]2NC(=O)[C@H](NC(=O)[C@@H]3NC(=O)[C@H](CC(N)=O)NC(=O)[C@H](NC(=O)[C@@H](CC(C)C)N(C)C)[C@H](O)c4ccc(c(C)c4)Oc4cc3cc(c4C)Oc3ccc(cc3C)[C@H]2C)c2ccc(O)c(c2)-c2c1cc(O)c(C)c2O.CO[C@@H]1O[C@H](CO)[C@@H](O[C@@H]2O[C@H](CO)[C@@H](O[C@@H]3O[C@H](CO)[C@H](O)[C@H](O)[C@H]3C)[C@H](O)[C@H]2O)[C@H](O)[C@H]1O. The van der Waals surface area contributed by atoms with Crippen molar-refractivity contribution in [3.8, 4) is 51.4 Å². The number of phenolic OH excluding ortho intramolecular Hbond substituents is 3. The van der Waals surface area contributed by atoms with Gasteiger partial charge < -0.3 is 142 Å². The number of amides is 7. The van der Waals surface area contributed by atoms with Gasteiger partial charge in [0.15, 0.2) is 24.7 Å². The molecule has 8 aliphatic heterocycles. The van der Waals surface area contributed by atoms with Gasteiger partial charge in [-0.15, -0.1) is 0 Å². The number of nitrogens with two attached hydrogens (primary N) is 1. The van der Waals surface area contributed by atoms with Crippen LogP contribution in [0.1, 0.15) is 128 Å². The van der Waals surface area contributed by atoms with Crippen LogP contribution in [0.5, 0.6) is 40.2 Å². The fraction of sp³-hybridized carbons (Fsp3) is 0.525. The van der Waals surface area contributed by atoms with Gasteiger partial charge in [0.2, 0.25) is 41.4 Å². The third kappa shape index (κ3) is 19.2. The van der Waals surface area contributed by atoms with E-state index in [0.717, 1.165) is 0 Å². The molecule has 0 aromatic heterocycles. The van der Waals surface area contributed by atoms with Gasteiger partial charge in [-0.2, -0.15) is 0 Å². The van der Waals surface area contributed by atoms with Crippen molar-refractivity contribution in [2.24, 2.45) is 17.6 Å². The normalized spacial score (nSPS) is 31.0. The molecule has 8 heterocycles. The Labute approximate surface area is 672 Å². The van der Waals surface area contributed by atoms with Crippen molar-refractivity contribution in [1.29, 1.82) is 0 Å². The van der Waals surface area contributed by atoms with Crippen molar-refractivity contribution < 1.29 is 143 Å². The molecule has 11 bridgehead atoms. The van der Waals surface area contributed by atoms with Crippen molar-refractivity contribution in [2.75, 3.05) is 41.0 Å². The van der Waals surface area contributed by atoms with Gasteiger partial charge in [0.05, 0.1) is 38.4 Å². The molecule has 5 aromatic rings. The second kappa shape index (κ2) is 37.5. The predicted octanol–water partition coefficient (Wildman–Crippen LogP) is -1.11. The lowest BCUT2D eigenvalue weighted by atomic mass is 9.86. The maximum atomic E-state index is 15.6. The number of likely N-dealkylation sites (N-methyl/N-ethyl adjacent to an activating group) is 1. The molecule has 3 fully saturated rings. The van der Waals surface area contributed by atoms with Crippen LogP contribution >= 0.6 is 0 Å². The van der Waals surface area contributed by atoms with E-state index < -0.39 is 237 Å². The number of aryl methyl sites for hydroxylation is 2. The minimum absolute atomic E-state index is 0.0276. The zero-order chi connectivity index (χ0) is 85.9. The highest BCUT2D eigenvalue weighted by atomic mass is 16.8. The highest BCUT2D eigenvalue weighted by Gasteiger charge is 2.54. The summed E-state index contributed by atoms with van der Waals surface area (Å²) in [5, 5.41) is 154. The molecule has 0 aliphatic carbocycles. The first kappa shape index (κ1) is 89.7. The van der Waals surface area contributed by atoms with Crippen LogP contribution in [0.4, 0.5) is 0 Å². The van der Waals surface area contributed by atoms with Crippen LogP contribution in [-0.2, 0) is 66.8 Å². The van der Waals surface area contributed by atoms with Crippen LogP contribution in [0, 0.1) is 39.5 Å². The summed E-state index contributed by atoms with van der Waals surface area (Å²) in [7, 11) is 4.59. The van der Waals surface area contributed by atoms with E-state index in [1.807, 2.05) is 13.8 Å². The molecule has 0 radical (unpaired) electrons. The molecule has 7 amide bonds. The molecule has 0 unspecified atom stereocenters. The highest BCUT2D eigenvalue weighted by Crippen LogP contribution is 2.48. The number of aromatic hydroxyl groups is 3. The predicted molar refractivity (Wildman–Crippen MR) is 408 cm³/mol. The molecule has 37 nitrogen and oxygen atoms in total. The van der Waals surface area contributed by atoms with Crippen molar-refractivity contribution in [3.05, 3.63) is 123 Å². The van der Waals surface area contributed by atoms with Crippen molar-refractivity contribution in [2.45, 2.75) is 215 Å². The second-order valence-electron chi connectivity index (χ2n) is 30.9.